The van der Waals surface area contributed by atoms with Gasteiger partial charge in [-0.15, -0.1) is 0 Å². The highest BCUT2D eigenvalue weighted by Gasteiger charge is 2.09. The number of aromatic nitrogens is 2. The van der Waals surface area contributed by atoms with Gasteiger partial charge in [0.2, 0.25) is 0 Å². The summed E-state index contributed by atoms with van der Waals surface area (Å²) >= 11 is 3.40. The molecule has 2 aromatic carbocycles. The van der Waals surface area contributed by atoms with E-state index >= 15 is 0 Å². The molecule has 3 aromatic rings. The van der Waals surface area contributed by atoms with E-state index in [9.17, 15) is 9.90 Å². The Balaban J connectivity index is 1.60. The van der Waals surface area contributed by atoms with E-state index in [4.69, 9.17) is 4.74 Å². The van der Waals surface area contributed by atoms with Crippen molar-refractivity contribution in [2.24, 2.45) is 5.10 Å². The van der Waals surface area contributed by atoms with Crippen LogP contribution in [0, 0.1) is 0 Å². The number of phenols is 1. The summed E-state index contributed by atoms with van der Waals surface area (Å²) < 4.78 is 7.72. The van der Waals surface area contributed by atoms with Crippen LogP contribution in [0.4, 0.5) is 0 Å². The second kappa shape index (κ2) is 8.50. The number of hydrogen-bond acceptors (Lipinski definition) is 5. The highest BCUT2D eigenvalue weighted by atomic mass is 79.9. The van der Waals surface area contributed by atoms with E-state index in [0.29, 0.717) is 17.9 Å². The lowest BCUT2D eigenvalue weighted by molar-refractivity contribution is 0.0949. The minimum Gasteiger partial charge on any atom is -0.504 e. The third-order valence-corrected chi connectivity index (χ3v) is 4.24. The summed E-state index contributed by atoms with van der Waals surface area (Å²) in [6.45, 7) is 0.567. The Kier molecular flexibility index (Phi) is 5.87. The fraction of sp³-hybridized carbons (Fsp3) is 0.105. The largest absolute Gasteiger partial charge is 0.504 e. The first-order valence-electron chi connectivity index (χ1n) is 8.03. The Hall–Kier alpha value is -3.13. The number of hydrogen-bond donors (Lipinski definition) is 2. The van der Waals surface area contributed by atoms with Crippen LogP contribution >= 0.6 is 15.9 Å². The van der Waals surface area contributed by atoms with Gasteiger partial charge in [-0.05, 0) is 47.5 Å². The molecule has 0 unspecified atom stereocenters. The van der Waals surface area contributed by atoms with Gasteiger partial charge in [-0.2, -0.15) is 10.2 Å². The molecule has 0 radical (unpaired) electrons. The SMILES string of the molecule is COc1cc(/C=N\NC(=O)c2ccn(Cc3ccc(Br)cc3)n2)ccc1O. The molecule has 2 N–H and O–H groups in total. The van der Waals surface area contributed by atoms with Crippen molar-refractivity contribution in [3.8, 4) is 11.5 Å². The molecule has 27 heavy (non-hydrogen) atoms. The van der Waals surface area contributed by atoms with Gasteiger partial charge in [-0.1, -0.05) is 28.1 Å². The Bertz CT molecular complexity index is 967. The van der Waals surface area contributed by atoms with Gasteiger partial charge in [0, 0.05) is 10.7 Å². The van der Waals surface area contributed by atoms with E-state index in [-0.39, 0.29) is 11.4 Å². The number of rotatable bonds is 6. The van der Waals surface area contributed by atoms with Crippen LogP contribution in [0.2, 0.25) is 0 Å². The normalized spacial score (nSPS) is 10.9. The second-order valence-electron chi connectivity index (χ2n) is 5.66. The van der Waals surface area contributed by atoms with Crippen molar-refractivity contribution in [1.82, 2.24) is 15.2 Å². The number of nitrogens with zero attached hydrogens (tertiary/aromatic N) is 3. The van der Waals surface area contributed by atoms with Crippen molar-refractivity contribution in [1.29, 1.82) is 0 Å². The highest BCUT2D eigenvalue weighted by molar-refractivity contribution is 9.10. The van der Waals surface area contributed by atoms with Crippen LogP contribution in [0.15, 0.2) is 64.3 Å². The quantitative estimate of drug-likeness (QED) is 0.466. The Morgan fingerprint density at radius 2 is 2.07 bits per heavy atom. The number of ether oxygens (including phenoxy) is 1. The fourth-order valence-corrected chi connectivity index (χ4v) is 2.61. The van der Waals surface area contributed by atoms with Crippen LogP contribution < -0.4 is 10.2 Å². The van der Waals surface area contributed by atoms with Gasteiger partial charge in [-0.3, -0.25) is 9.48 Å². The van der Waals surface area contributed by atoms with Gasteiger partial charge in [0.15, 0.2) is 17.2 Å². The zero-order valence-corrected chi connectivity index (χ0v) is 16.0. The fourth-order valence-electron chi connectivity index (χ4n) is 2.34. The van der Waals surface area contributed by atoms with Gasteiger partial charge in [0.25, 0.3) is 5.91 Å². The maximum atomic E-state index is 12.2. The minimum atomic E-state index is -0.411. The van der Waals surface area contributed by atoms with Crippen molar-refractivity contribution in [3.63, 3.8) is 0 Å². The number of carbonyl (C=O) groups excluding carboxylic acids is 1. The summed E-state index contributed by atoms with van der Waals surface area (Å²) in [5, 5.41) is 17.7. The highest BCUT2D eigenvalue weighted by Crippen LogP contribution is 2.25. The molecule has 0 saturated carbocycles. The molecule has 7 nitrogen and oxygen atoms in total. The van der Waals surface area contributed by atoms with Crippen molar-refractivity contribution in [2.75, 3.05) is 7.11 Å². The Labute approximate surface area is 164 Å². The average Bonchev–Trinajstić information content (AvgIpc) is 3.13. The van der Waals surface area contributed by atoms with Crippen LogP contribution in [-0.4, -0.2) is 34.1 Å². The summed E-state index contributed by atoms with van der Waals surface area (Å²) in [5.74, 6) is -0.0430. The number of phenolic OH excluding ortho intramolecular Hbond substituents is 1. The zero-order valence-electron chi connectivity index (χ0n) is 14.5. The number of methoxy groups -OCH3 is 1. The molecule has 0 aliphatic rings. The van der Waals surface area contributed by atoms with Crippen molar-refractivity contribution < 1.29 is 14.6 Å². The van der Waals surface area contributed by atoms with Crippen LogP contribution in [0.5, 0.6) is 11.5 Å². The molecule has 0 atom stereocenters. The predicted octanol–water partition coefficient (Wildman–Crippen LogP) is 3.17. The van der Waals surface area contributed by atoms with E-state index in [1.807, 2.05) is 24.3 Å². The standard InChI is InChI=1S/C19H17BrN4O3/c1-27-18-10-14(4-7-17(18)25)11-21-22-19(26)16-8-9-24(23-16)12-13-2-5-15(20)6-3-13/h2-11,25H,12H2,1H3,(H,22,26)/b21-11-. The number of aromatic hydroxyl groups is 1. The van der Waals surface area contributed by atoms with Crippen molar-refractivity contribution in [2.45, 2.75) is 6.54 Å². The van der Waals surface area contributed by atoms with Crippen LogP contribution in [0.25, 0.3) is 0 Å². The zero-order chi connectivity index (χ0) is 19.2. The summed E-state index contributed by atoms with van der Waals surface area (Å²) in [5.41, 5.74) is 4.45. The molecule has 0 fully saturated rings. The smallest absolute Gasteiger partial charge is 0.291 e. The molecular weight excluding hydrogens is 412 g/mol. The maximum Gasteiger partial charge on any atom is 0.291 e. The van der Waals surface area contributed by atoms with Crippen molar-refractivity contribution >= 4 is 28.1 Å². The number of benzene rings is 2. The molecule has 0 bridgehead atoms. The minimum absolute atomic E-state index is 0.0370. The van der Waals surface area contributed by atoms with Crippen LogP contribution in [0.1, 0.15) is 21.6 Å². The number of carbonyl (C=O) groups is 1. The van der Waals surface area contributed by atoms with E-state index in [1.54, 1.807) is 29.1 Å². The number of halogens is 1. The summed E-state index contributed by atoms with van der Waals surface area (Å²) in [4.78, 5) is 12.2. The monoisotopic (exact) mass is 428 g/mol. The number of amides is 1. The molecule has 3 rings (SSSR count). The lowest BCUT2D eigenvalue weighted by Gasteiger charge is -2.03. The number of hydrazone groups is 1. The summed E-state index contributed by atoms with van der Waals surface area (Å²) in [7, 11) is 1.46. The molecule has 1 heterocycles. The Morgan fingerprint density at radius 3 is 2.81 bits per heavy atom. The van der Waals surface area contributed by atoms with E-state index in [1.165, 1.54) is 19.4 Å². The first kappa shape index (κ1) is 18.7. The average molecular weight is 429 g/mol. The van der Waals surface area contributed by atoms with Gasteiger partial charge in [0.05, 0.1) is 19.9 Å². The lowest BCUT2D eigenvalue weighted by Crippen LogP contribution is -2.18. The third-order valence-electron chi connectivity index (χ3n) is 3.71. The van der Waals surface area contributed by atoms with Crippen LogP contribution in [0.3, 0.4) is 0 Å². The number of nitrogens with one attached hydrogen (secondary N) is 1. The summed E-state index contributed by atoms with van der Waals surface area (Å²) in [6, 6.07) is 14.3. The summed E-state index contributed by atoms with van der Waals surface area (Å²) in [6.07, 6.45) is 3.20. The van der Waals surface area contributed by atoms with E-state index in [2.05, 4.69) is 31.6 Å². The third kappa shape index (κ3) is 4.95. The second-order valence-corrected chi connectivity index (χ2v) is 6.57. The molecule has 0 spiro atoms. The van der Waals surface area contributed by atoms with Gasteiger partial charge in [-0.25, -0.2) is 5.43 Å². The maximum absolute atomic E-state index is 12.2. The topological polar surface area (TPSA) is 88.7 Å². The van der Waals surface area contributed by atoms with Crippen LogP contribution in [-0.2, 0) is 6.54 Å². The van der Waals surface area contributed by atoms with Gasteiger partial charge in [0.1, 0.15) is 0 Å². The van der Waals surface area contributed by atoms with Crippen molar-refractivity contribution in [3.05, 3.63) is 76.0 Å². The molecule has 1 aromatic heterocycles. The van der Waals surface area contributed by atoms with Gasteiger partial charge < -0.3 is 9.84 Å². The predicted molar refractivity (Wildman–Crippen MR) is 105 cm³/mol. The lowest BCUT2D eigenvalue weighted by atomic mass is 10.2. The Morgan fingerprint density at radius 1 is 1.30 bits per heavy atom. The molecule has 8 heteroatoms. The van der Waals surface area contributed by atoms with E-state index < -0.39 is 5.91 Å². The molecular formula is C19H17BrN4O3. The van der Waals surface area contributed by atoms with Gasteiger partial charge >= 0.3 is 0 Å². The molecule has 138 valence electrons. The molecule has 0 aliphatic carbocycles. The first-order valence-corrected chi connectivity index (χ1v) is 8.83. The van der Waals surface area contributed by atoms with E-state index in [0.717, 1.165) is 10.0 Å². The molecule has 0 aliphatic heterocycles. The first-order chi connectivity index (χ1) is 13.0. The molecule has 1 amide bonds. The molecule has 0 saturated heterocycles.